The lowest BCUT2D eigenvalue weighted by molar-refractivity contribution is 0.557. The maximum atomic E-state index is 12.4. The van der Waals surface area contributed by atoms with E-state index in [0.29, 0.717) is 13.0 Å². The van der Waals surface area contributed by atoms with Gasteiger partial charge in [0.1, 0.15) is 0 Å². The van der Waals surface area contributed by atoms with Gasteiger partial charge in [0.05, 0.1) is 16.4 Å². The summed E-state index contributed by atoms with van der Waals surface area (Å²) in [6, 6.07) is 1.30. The van der Waals surface area contributed by atoms with Crippen LogP contribution in [0.5, 0.6) is 0 Å². The van der Waals surface area contributed by atoms with Gasteiger partial charge in [0.15, 0.2) is 9.84 Å². The van der Waals surface area contributed by atoms with Crippen molar-refractivity contribution in [3.8, 4) is 0 Å². The van der Waals surface area contributed by atoms with Crippen molar-refractivity contribution in [1.82, 2.24) is 10.0 Å². The van der Waals surface area contributed by atoms with E-state index in [2.05, 4.69) is 10.0 Å². The molecule has 120 valence electrons. The average molecular weight is 353 g/mol. The third-order valence-electron chi connectivity index (χ3n) is 3.22. The van der Waals surface area contributed by atoms with Crippen LogP contribution in [0.25, 0.3) is 0 Å². The standard InChI is InChI=1S/C12H20N2O4S3/c1-9(2)13-7-11-12(3-5-19-11)21(17,18)14-10-4-6-20(15,16)8-10/h3,5,9-10,13-14H,4,6-8H2,1-2H3. The molecule has 0 aromatic carbocycles. The van der Waals surface area contributed by atoms with Gasteiger partial charge in [-0.05, 0) is 17.9 Å². The number of thiophene rings is 1. The summed E-state index contributed by atoms with van der Waals surface area (Å²) in [5.41, 5.74) is 0. The Morgan fingerprint density at radius 2 is 2.14 bits per heavy atom. The summed E-state index contributed by atoms with van der Waals surface area (Å²) < 4.78 is 50.1. The lowest BCUT2D eigenvalue weighted by Gasteiger charge is -2.13. The van der Waals surface area contributed by atoms with E-state index in [1.807, 2.05) is 13.8 Å². The minimum Gasteiger partial charge on any atom is -0.310 e. The van der Waals surface area contributed by atoms with Crippen LogP contribution >= 0.6 is 11.3 Å². The van der Waals surface area contributed by atoms with Gasteiger partial charge < -0.3 is 5.32 Å². The summed E-state index contributed by atoms with van der Waals surface area (Å²) >= 11 is 1.38. The zero-order chi connectivity index (χ0) is 15.7. The Morgan fingerprint density at radius 1 is 1.43 bits per heavy atom. The molecule has 0 amide bonds. The number of hydrogen-bond acceptors (Lipinski definition) is 6. The number of sulfonamides is 1. The van der Waals surface area contributed by atoms with Crippen LogP contribution in [0.2, 0.25) is 0 Å². The second-order valence-electron chi connectivity index (χ2n) is 5.46. The SMILES string of the molecule is CC(C)NCc1sccc1S(=O)(=O)NC1CCS(=O)(=O)C1. The number of nitrogens with one attached hydrogen (secondary N) is 2. The van der Waals surface area contributed by atoms with Gasteiger partial charge >= 0.3 is 0 Å². The molecule has 2 heterocycles. The molecule has 2 N–H and O–H groups in total. The summed E-state index contributed by atoms with van der Waals surface area (Å²) in [6.07, 6.45) is 0.339. The van der Waals surface area contributed by atoms with Gasteiger partial charge in [-0.15, -0.1) is 11.3 Å². The molecule has 21 heavy (non-hydrogen) atoms. The highest BCUT2D eigenvalue weighted by Crippen LogP contribution is 2.23. The van der Waals surface area contributed by atoms with Gasteiger partial charge in [-0.25, -0.2) is 21.6 Å². The van der Waals surface area contributed by atoms with Crippen molar-refractivity contribution in [2.24, 2.45) is 0 Å². The largest absolute Gasteiger partial charge is 0.310 e. The van der Waals surface area contributed by atoms with E-state index < -0.39 is 25.9 Å². The van der Waals surface area contributed by atoms with Crippen molar-refractivity contribution in [3.05, 3.63) is 16.3 Å². The first-order valence-electron chi connectivity index (χ1n) is 6.72. The molecule has 0 saturated carbocycles. The number of hydrogen-bond donors (Lipinski definition) is 2. The van der Waals surface area contributed by atoms with Gasteiger partial charge in [0.25, 0.3) is 0 Å². The fraction of sp³-hybridized carbons (Fsp3) is 0.667. The lowest BCUT2D eigenvalue weighted by atomic mass is 10.3. The minimum atomic E-state index is -3.67. The highest BCUT2D eigenvalue weighted by molar-refractivity contribution is 7.92. The molecule has 1 fully saturated rings. The third kappa shape index (κ3) is 4.49. The van der Waals surface area contributed by atoms with E-state index in [-0.39, 0.29) is 22.4 Å². The van der Waals surface area contributed by atoms with Gasteiger partial charge in [0, 0.05) is 23.5 Å². The molecule has 0 aliphatic carbocycles. The van der Waals surface area contributed by atoms with E-state index in [1.54, 1.807) is 11.4 Å². The molecule has 1 aliphatic rings. The molecule has 0 bridgehead atoms. The Hall–Kier alpha value is -0.480. The summed E-state index contributed by atoms with van der Waals surface area (Å²) in [4.78, 5) is 0.974. The Kier molecular flexibility index (Phi) is 5.09. The fourth-order valence-corrected chi connectivity index (χ4v) is 6.61. The van der Waals surface area contributed by atoms with Crippen LogP contribution in [-0.4, -0.2) is 40.4 Å². The zero-order valence-corrected chi connectivity index (χ0v) is 14.4. The molecule has 1 aromatic rings. The first kappa shape index (κ1) is 16.9. The van der Waals surface area contributed by atoms with Crippen LogP contribution in [0.4, 0.5) is 0 Å². The lowest BCUT2D eigenvalue weighted by Crippen LogP contribution is -2.36. The fourth-order valence-electron chi connectivity index (χ4n) is 2.16. The predicted molar refractivity (Wildman–Crippen MR) is 83.7 cm³/mol. The second kappa shape index (κ2) is 6.33. The van der Waals surface area contributed by atoms with Crippen LogP contribution < -0.4 is 10.0 Å². The van der Waals surface area contributed by atoms with Crippen molar-refractivity contribution < 1.29 is 16.8 Å². The molecule has 6 nitrogen and oxygen atoms in total. The van der Waals surface area contributed by atoms with Gasteiger partial charge in [0.2, 0.25) is 10.0 Å². The maximum absolute atomic E-state index is 12.4. The highest BCUT2D eigenvalue weighted by atomic mass is 32.2. The Labute approximate surface area is 129 Å². The van der Waals surface area contributed by atoms with Crippen LogP contribution in [0, 0.1) is 0 Å². The highest BCUT2D eigenvalue weighted by Gasteiger charge is 2.32. The van der Waals surface area contributed by atoms with Gasteiger partial charge in [-0.1, -0.05) is 13.8 Å². The average Bonchev–Trinajstić information content (AvgIpc) is 2.93. The number of sulfone groups is 1. The normalized spacial score (nSPS) is 22.0. The first-order valence-corrected chi connectivity index (χ1v) is 10.9. The summed E-state index contributed by atoms with van der Waals surface area (Å²) in [5, 5.41) is 4.92. The molecule has 1 atom stereocenters. The first-order chi connectivity index (χ1) is 9.70. The van der Waals surface area contributed by atoms with Gasteiger partial charge in [-0.3, -0.25) is 0 Å². The maximum Gasteiger partial charge on any atom is 0.242 e. The molecule has 0 radical (unpaired) electrons. The van der Waals surface area contributed by atoms with E-state index in [1.165, 1.54) is 11.3 Å². The van der Waals surface area contributed by atoms with Crippen LogP contribution in [0.1, 0.15) is 25.1 Å². The van der Waals surface area contributed by atoms with E-state index >= 15 is 0 Å². The molecule has 1 saturated heterocycles. The molecular formula is C12H20N2O4S3. The van der Waals surface area contributed by atoms with Crippen LogP contribution in [0.15, 0.2) is 16.3 Å². The van der Waals surface area contributed by atoms with Crippen LogP contribution in [0.3, 0.4) is 0 Å². The van der Waals surface area contributed by atoms with E-state index in [0.717, 1.165) is 4.88 Å². The number of rotatable bonds is 6. The quantitative estimate of drug-likeness (QED) is 0.787. The summed E-state index contributed by atoms with van der Waals surface area (Å²) in [7, 11) is -6.78. The third-order valence-corrected chi connectivity index (χ3v) is 7.64. The Balaban J connectivity index is 2.11. The van der Waals surface area contributed by atoms with E-state index in [9.17, 15) is 16.8 Å². The van der Waals surface area contributed by atoms with Crippen molar-refractivity contribution in [1.29, 1.82) is 0 Å². The molecule has 1 aromatic heterocycles. The zero-order valence-electron chi connectivity index (χ0n) is 12.0. The Morgan fingerprint density at radius 3 is 2.71 bits per heavy atom. The smallest absolute Gasteiger partial charge is 0.242 e. The van der Waals surface area contributed by atoms with E-state index in [4.69, 9.17) is 0 Å². The molecule has 1 aliphatic heterocycles. The summed E-state index contributed by atoms with van der Waals surface area (Å²) in [6.45, 7) is 4.46. The van der Waals surface area contributed by atoms with Crippen LogP contribution in [-0.2, 0) is 26.4 Å². The molecule has 0 spiro atoms. The van der Waals surface area contributed by atoms with Crippen molar-refractivity contribution >= 4 is 31.2 Å². The Bertz CT molecular complexity index is 692. The second-order valence-corrected chi connectivity index (χ2v) is 10.4. The molecule has 2 rings (SSSR count). The topological polar surface area (TPSA) is 92.3 Å². The monoisotopic (exact) mass is 352 g/mol. The molecule has 1 unspecified atom stereocenters. The summed E-state index contributed by atoms with van der Waals surface area (Å²) in [5.74, 6) is -0.0679. The van der Waals surface area contributed by atoms with Crippen molar-refractivity contribution in [2.75, 3.05) is 11.5 Å². The minimum absolute atomic E-state index is 0.0472. The molecule has 9 heteroatoms. The van der Waals surface area contributed by atoms with Gasteiger partial charge in [-0.2, -0.15) is 0 Å². The van der Waals surface area contributed by atoms with Crippen molar-refractivity contribution in [3.63, 3.8) is 0 Å². The van der Waals surface area contributed by atoms with Crippen molar-refractivity contribution in [2.45, 2.75) is 43.8 Å². The predicted octanol–water partition coefficient (Wildman–Crippen LogP) is 0.712. The molecular weight excluding hydrogens is 332 g/mol.